The first-order chi connectivity index (χ1) is 10.1. The number of aryl methyl sites for hydroxylation is 1. The maximum Gasteiger partial charge on any atom is 0.252 e. The van der Waals surface area contributed by atoms with Crippen molar-refractivity contribution in [1.82, 2.24) is 15.3 Å². The number of carbonyl (C=O) groups is 1. The fraction of sp³-hybridized carbons (Fsp3) is 0.357. The third-order valence-corrected chi connectivity index (χ3v) is 3.89. The number of hydrogen-bond donors (Lipinski definition) is 2. The van der Waals surface area contributed by atoms with Crippen LogP contribution in [0.2, 0.25) is 5.02 Å². The molecule has 112 valence electrons. The van der Waals surface area contributed by atoms with Crippen molar-refractivity contribution in [1.29, 1.82) is 0 Å². The summed E-state index contributed by atoms with van der Waals surface area (Å²) in [5, 5.41) is 9.35. The second kappa shape index (κ2) is 7.38. The Hall–Kier alpha value is -1.66. The van der Waals surface area contributed by atoms with E-state index in [0.717, 1.165) is 17.2 Å². The van der Waals surface area contributed by atoms with Crippen molar-refractivity contribution in [3.05, 3.63) is 38.9 Å². The minimum Gasteiger partial charge on any atom is -0.369 e. The van der Waals surface area contributed by atoms with Gasteiger partial charge in [0.1, 0.15) is 5.82 Å². The Morgan fingerprint density at radius 3 is 2.90 bits per heavy atom. The van der Waals surface area contributed by atoms with Crippen LogP contribution in [0.4, 0.5) is 5.82 Å². The molecule has 2 heterocycles. The van der Waals surface area contributed by atoms with Gasteiger partial charge in [-0.15, -0.1) is 11.3 Å². The van der Waals surface area contributed by atoms with Crippen LogP contribution in [0.5, 0.6) is 0 Å². The van der Waals surface area contributed by atoms with Crippen molar-refractivity contribution in [2.24, 2.45) is 0 Å². The standard InChI is InChI=1S/C14H17ClN4OS/c1-3-16-13-12(15)6-10(7-18-13)14(20)17-5-4-11-8-21-9(2)19-11/h6-8H,3-5H2,1-2H3,(H,16,18)(H,17,20). The molecule has 5 nitrogen and oxygen atoms in total. The maximum absolute atomic E-state index is 12.0. The Morgan fingerprint density at radius 2 is 2.29 bits per heavy atom. The molecule has 0 aliphatic carbocycles. The zero-order valence-corrected chi connectivity index (χ0v) is 13.5. The van der Waals surface area contributed by atoms with E-state index in [2.05, 4.69) is 20.6 Å². The molecule has 0 spiro atoms. The predicted octanol–water partition coefficient (Wildman–Crippen LogP) is 2.90. The molecule has 0 unspecified atom stereocenters. The van der Waals surface area contributed by atoms with Gasteiger partial charge in [0.2, 0.25) is 0 Å². The van der Waals surface area contributed by atoms with Gasteiger partial charge in [-0.2, -0.15) is 0 Å². The first-order valence-corrected chi connectivity index (χ1v) is 7.94. The molecule has 0 atom stereocenters. The van der Waals surface area contributed by atoms with Crippen LogP contribution < -0.4 is 10.6 Å². The lowest BCUT2D eigenvalue weighted by Gasteiger charge is -2.07. The average molecular weight is 325 g/mol. The molecule has 0 fully saturated rings. The van der Waals surface area contributed by atoms with Crippen LogP contribution in [0.15, 0.2) is 17.6 Å². The van der Waals surface area contributed by atoms with Crippen LogP contribution in [-0.4, -0.2) is 29.0 Å². The summed E-state index contributed by atoms with van der Waals surface area (Å²) in [6.07, 6.45) is 2.24. The van der Waals surface area contributed by atoms with Crippen molar-refractivity contribution in [3.8, 4) is 0 Å². The number of thiazole rings is 1. The SMILES string of the molecule is CCNc1ncc(C(=O)NCCc2csc(C)n2)cc1Cl. The zero-order valence-electron chi connectivity index (χ0n) is 11.9. The van der Waals surface area contributed by atoms with Crippen LogP contribution in [0.3, 0.4) is 0 Å². The summed E-state index contributed by atoms with van der Waals surface area (Å²) in [5.41, 5.74) is 1.45. The Morgan fingerprint density at radius 1 is 1.48 bits per heavy atom. The number of hydrogen-bond acceptors (Lipinski definition) is 5. The molecular weight excluding hydrogens is 308 g/mol. The highest BCUT2D eigenvalue weighted by atomic mass is 35.5. The van der Waals surface area contributed by atoms with E-state index in [1.54, 1.807) is 17.4 Å². The first-order valence-electron chi connectivity index (χ1n) is 6.68. The quantitative estimate of drug-likeness (QED) is 0.857. The van der Waals surface area contributed by atoms with Crippen molar-refractivity contribution in [3.63, 3.8) is 0 Å². The second-order valence-electron chi connectivity index (χ2n) is 4.45. The molecule has 0 bridgehead atoms. The molecule has 1 amide bonds. The zero-order chi connectivity index (χ0) is 15.2. The normalized spacial score (nSPS) is 10.4. The fourth-order valence-electron chi connectivity index (χ4n) is 1.79. The van der Waals surface area contributed by atoms with E-state index in [-0.39, 0.29) is 5.91 Å². The van der Waals surface area contributed by atoms with E-state index in [1.807, 2.05) is 19.2 Å². The summed E-state index contributed by atoms with van der Waals surface area (Å²) in [6.45, 7) is 5.19. The van der Waals surface area contributed by atoms with Crippen molar-refractivity contribution < 1.29 is 4.79 Å². The lowest BCUT2D eigenvalue weighted by molar-refractivity contribution is 0.0954. The van der Waals surface area contributed by atoms with Gasteiger partial charge >= 0.3 is 0 Å². The van der Waals surface area contributed by atoms with E-state index >= 15 is 0 Å². The minimum absolute atomic E-state index is 0.181. The van der Waals surface area contributed by atoms with Gasteiger partial charge < -0.3 is 10.6 Å². The highest BCUT2D eigenvalue weighted by Crippen LogP contribution is 2.19. The molecule has 7 heteroatoms. The number of halogens is 1. The highest BCUT2D eigenvalue weighted by Gasteiger charge is 2.09. The highest BCUT2D eigenvalue weighted by molar-refractivity contribution is 7.09. The summed E-state index contributed by atoms with van der Waals surface area (Å²) in [4.78, 5) is 20.5. The van der Waals surface area contributed by atoms with Gasteiger partial charge in [-0.25, -0.2) is 9.97 Å². The van der Waals surface area contributed by atoms with Gasteiger partial charge in [-0.05, 0) is 19.9 Å². The summed E-state index contributed by atoms with van der Waals surface area (Å²) in [6, 6.07) is 1.62. The first kappa shape index (κ1) is 15.7. The predicted molar refractivity (Wildman–Crippen MR) is 86.3 cm³/mol. The summed E-state index contributed by atoms with van der Waals surface area (Å²) in [7, 11) is 0. The molecule has 21 heavy (non-hydrogen) atoms. The van der Waals surface area contributed by atoms with E-state index in [9.17, 15) is 4.79 Å². The van der Waals surface area contributed by atoms with Crippen LogP contribution in [-0.2, 0) is 6.42 Å². The Labute approximate surface area is 132 Å². The van der Waals surface area contributed by atoms with E-state index in [0.29, 0.717) is 29.4 Å². The number of nitrogens with zero attached hydrogens (tertiary/aromatic N) is 2. The van der Waals surface area contributed by atoms with Crippen LogP contribution in [0.25, 0.3) is 0 Å². The van der Waals surface area contributed by atoms with Gasteiger partial charge in [0.05, 0.1) is 21.3 Å². The van der Waals surface area contributed by atoms with E-state index < -0.39 is 0 Å². The number of pyridine rings is 1. The van der Waals surface area contributed by atoms with Gasteiger partial charge in [-0.3, -0.25) is 4.79 Å². The molecule has 2 aromatic rings. The molecule has 0 aliphatic heterocycles. The number of amides is 1. The molecule has 0 aromatic carbocycles. The van der Waals surface area contributed by atoms with E-state index in [4.69, 9.17) is 11.6 Å². The number of anilines is 1. The van der Waals surface area contributed by atoms with Crippen LogP contribution >= 0.6 is 22.9 Å². The monoisotopic (exact) mass is 324 g/mol. The average Bonchev–Trinajstić information content (AvgIpc) is 2.87. The van der Waals surface area contributed by atoms with E-state index in [1.165, 1.54) is 6.20 Å². The molecule has 0 saturated carbocycles. The molecule has 2 rings (SSSR count). The molecule has 0 radical (unpaired) electrons. The Kier molecular flexibility index (Phi) is 5.52. The third-order valence-electron chi connectivity index (χ3n) is 2.78. The second-order valence-corrected chi connectivity index (χ2v) is 5.92. The van der Waals surface area contributed by atoms with Crippen LogP contribution in [0.1, 0.15) is 28.0 Å². The summed E-state index contributed by atoms with van der Waals surface area (Å²) >= 11 is 7.68. The molecule has 0 saturated heterocycles. The van der Waals surface area contributed by atoms with Crippen LogP contribution in [0, 0.1) is 6.92 Å². The largest absolute Gasteiger partial charge is 0.369 e. The lowest BCUT2D eigenvalue weighted by Crippen LogP contribution is -2.26. The minimum atomic E-state index is -0.181. The van der Waals surface area contributed by atoms with Gasteiger partial charge in [0.25, 0.3) is 5.91 Å². The van der Waals surface area contributed by atoms with Gasteiger partial charge in [0, 0.05) is 31.1 Å². The molecule has 0 aliphatic rings. The van der Waals surface area contributed by atoms with Gasteiger partial charge in [0.15, 0.2) is 0 Å². The number of rotatable bonds is 6. The Balaban J connectivity index is 1.89. The van der Waals surface area contributed by atoms with Gasteiger partial charge in [-0.1, -0.05) is 11.6 Å². The Bertz CT molecular complexity index is 629. The van der Waals surface area contributed by atoms with Crippen molar-refractivity contribution in [2.45, 2.75) is 20.3 Å². The number of carbonyl (C=O) groups excluding carboxylic acids is 1. The number of nitrogens with one attached hydrogen (secondary N) is 2. The summed E-state index contributed by atoms with van der Waals surface area (Å²) < 4.78 is 0. The third kappa shape index (κ3) is 4.41. The smallest absolute Gasteiger partial charge is 0.252 e. The molecular formula is C14H17ClN4OS. The number of aromatic nitrogens is 2. The summed E-state index contributed by atoms with van der Waals surface area (Å²) in [5.74, 6) is 0.410. The van der Waals surface area contributed by atoms with Crippen molar-refractivity contribution >= 4 is 34.7 Å². The fourth-order valence-corrected chi connectivity index (χ4v) is 2.67. The maximum atomic E-state index is 12.0. The molecule has 2 N–H and O–H groups in total. The van der Waals surface area contributed by atoms with Crippen molar-refractivity contribution in [2.75, 3.05) is 18.4 Å². The lowest BCUT2D eigenvalue weighted by atomic mass is 10.2. The topological polar surface area (TPSA) is 66.9 Å². The molecule has 2 aromatic heterocycles.